The van der Waals surface area contributed by atoms with E-state index in [0.29, 0.717) is 5.69 Å². The van der Waals surface area contributed by atoms with Gasteiger partial charge in [0.05, 0.1) is 18.0 Å². The lowest BCUT2D eigenvalue weighted by Gasteiger charge is -2.07. The first kappa shape index (κ1) is 12.7. The molecule has 2 heterocycles. The molecule has 6 heteroatoms. The van der Waals surface area contributed by atoms with Crippen molar-refractivity contribution in [2.24, 2.45) is 0 Å². The average Bonchev–Trinajstić information content (AvgIpc) is 3.01. The molecule has 3 rings (SSSR count). The van der Waals surface area contributed by atoms with Crippen LogP contribution in [0.3, 0.4) is 0 Å². The van der Waals surface area contributed by atoms with Crippen LogP contribution in [0.25, 0.3) is 5.13 Å². The van der Waals surface area contributed by atoms with Crippen LogP contribution in [0.4, 0.5) is 0 Å². The first-order valence-corrected chi connectivity index (χ1v) is 7.56. The number of nitrogens with zero attached hydrogens (tertiary/aromatic N) is 4. The molecule has 1 aliphatic rings. The van der Waals surface area contributed by atoms with E-state index in [1.54, 1.807) is 16.0 Å². The number of hydrogen-bond acceptors (Lipinski definition) is 5. The summed E-state index contributed by atoms with van der Waals surface area (Å²) in [5, 5.41) is 18.5. The molecule has 0 radical (unpaired) electrons. The number of fused-ring (bicyclic) bond motifs is 1. The van der Waals surface area contributed by atoms with Crippen molar-refractivity contribution in [1.29, 1.82) is 0 Å². The normalized spacial score (nSPS) is 14.9. The molecule has 5 nitrogen and oxygen atoms in total. The van der Waals surface area contributed by atoms with Gasteiger partial charge in [0.15, 0.2) is 0 Å². The fourth-order valence-electron chi connectivity index (χ4n) is 2.58. The fraction of sp³-hybridized carbons (Fsp3) is 0.615. The SMILES string of the molecule is CC(C)c1c(CO)nnn1-c1nc2c(s1)CCCC2. The van der Waals surface area contributed by atoms with Crippen LogP contribution in [0.5, 0.6) is 0 Å². The van der Waals surface area contributed by atoms with E-state index in [1.165, 1.54) is 23.4 Å². The van der Waals surface area contributed by atoms with Crippen molar-refractivity contribution in [2.75, 3.05) is 0 Å². The molecule has 102 valence electrons. The Morgan fingerprint density at radius 1 is 1.32 bits per heavy atom. The number of aliphatic hydroxyl groups excluding tert-OH is 1. The van der Waals surface area contributed by atoms with Gasteiger partial charge in [-0.25, -0.2) is 4.98 Å². The molecular weight excluding hydrogens is 260 g/mol. The summed E-state index contributed by atoms with van der Waals surface area (Å²) >= 11 is 1.71. The molecule has 19 heavy (non-hydrogen) atoms. The van der Waals surface area contributed by atoms with Crippen molar-refractivity contribution in [1.82, 2.24) is 20.0 Å². The third-order valence-corrected chi connectivity index (χ3v) is 4.62. The Morgan fingerprint density at radius 2 is 2.11 bits per heavy atom. The summed E-state index contributed by atoms with van der Waals surface area (Å²) in [5.74, 6) is 0.262. The minimum atomic E-state index is -0.0708. The minimum absolute atomic E-state index is 0.0708. The maximum atomic E-state index is 9.36. The molecule has 0 fully saturated rings. The molecule has 0 bridgehead atoms. The molecule has 0 amide bonds. The van der Waals surface area contributed by atoms with E-state index in [-0.39, 0.29) is 12.5 Å². The summed E-state index contributed by atoms with van der Waals surface area (Å²) in [6, 6.07) is 0. The van der Waals surface area contributed by atoms with Crippen LogP contribution in [-0.2, 0) is 19.4 Å². The Balaban J connectivity index is 2.06. The molecule has 0 atom stereocenters. The van der Waals surface area contributed by atoms with Gasteiger partial charge in [-0.2, -0.15) is 4.68 Å². The zero-order chi connectivity index (χ0) is 13.4. The van der Waals surface area contributed by atoms with Gasteiger partial charge in [-0.05, 0) is 31.6 Å². The second-order valence-electron chi connectivity index (χ2n) is 5.22. The standard InChI is InChI=1S/C13H18N4OS/c1-8(2)12-10(7-18)15-16-17(12)13-14-9-5-3-4-6-11(9)19-13/h8,18H,3-7H2,1-2H3. The van der Waals surface area contributed by atoms with Crippen molar-refractivity contribution >= 4 is 11.3 Å². The second kappa shape index (κ2) is 5.02. The lowest BCUT2D eigenvalue weighted by Crippen LogP contribution is -2.05. The van der Waals surface area contributed by atoms with Crippen molar-refractivity contribution in [2.45, 2.75) is 52.1 Å². The molecular formula is C13H18N4OS. The third-order valence-electron chi connectivity index (χ3n) is 3.49. The van der Waals surface area contributed by atoms with Gasteiger partial charge in [0.2, 0.25) is 5.13 Å². The van der Waals surface area contributed by atoms with Crippen LogP contribution in [0.15, 0.2) is 0 Å². The van der Waals surface area contributed by atoms with Gasteiger partial charge >= 0.3 is 0 Å². The highest BCUT2D eigenvalue weighted by Crippen LogP contribution is 2.30. The fourth-order valence-corrected chi connectivity index (χ4v) is 3.69. The first-order chi connectivity index (χ1) is 9.20. The Morgan fingerprint density at radius 3 is 2.79 bits per heavy atom. The molecule has 2 aromatic heterocycles. The van der Waals surface area contributed by atoms with Crippen LogP contribution in [0.1, 0.15) is 54.6 Å². The Labute approximate surface area is 116 Å². The third kappa shape index (κ3) is 2.19. The predicted molar refractivity (Wildman–Crippen MR) is 73.7 cm³/mol. The molecule has 0 saturated carbocycles. The second-order valence-corrected chi connectivity index (χ2v) is 6.28. The molecule has 0 aromatic carbocycles. The molecule has 0 unspecified atom stereocenters. The number of thiazole rings is 1. The van der Waals surface area contributed by atoms with Crippen LogP contribution in [0.2, 0.25) is 0 Å². The van der Waals surface area contributed by atoms with Crippen molar-refractivity contribution in [3.63, 3.8) is 0 Å². The predicted octanol–water partition coefficient (Wildman–Crippen LogP) is 2.22. The van der Waals surface area contributed by atoms with E-state index in [2.05, 4.69) is 24.2 Å². The highest BCUT2D eigenvalue weighted by Gasteiger charge is 2.21. The van der Waals surface area contributed by atoms with Gasteiger partial charge in [0.25, 0.3) is 0 Å². The molecule has 0 aliphatic heterocycles. The van der Waals surface area contributed by atoms with Gasteiger partial charge in [0, 0.05) is 4.88 Å². The Hall–Kier alpha value is -1.27. The van der Waals surface area contributed by atoms with E-state index >= 15 is 0 Å². The topological polar surface area (TPSA) is 63.8 Å². The van der Waals surface area contributed by atoms with Gasteiger partial charge in [-0.1, -0.05) is 30.4 Å². The maximum absolute atomic E-state index is 9.36. The van der Waals surface area contributed by atoms with Crippen LogP contribution >= 0.6 is 11.3 Å². The van der Waals surface area contributed by atoms with Crippen LogP contribution < -0.4 is 0 Å². The van der Waals surface area contributed by atoms with Crippen molar-refractivity contribution in [3.8, 4) is 5.13 Å². The van der Waals surface area contributed by atoms with Gasteiger partial charge in [-0.15, -0.1) is 5.10 Å². The summed E-state index contributed by atoms with van der Waals surface area (Å²) in [6.45, 7) is 4.10. The van der Waals surface area contributed by atoms with E-state index in [4.69, 9.17) is 4.98 Å². The lowest BCUT2D eigenvalue weighted by atomic mass is 10.0. The van der Waals surface area contributed by atoms with E-state index in [1.807, 2.05) is 0 Å². The zero-order valence-electron chi connectivity index (χ0n) is 11.3. The number of rotatable bonds is 3. The van der Waals surface area contributed by atoms with Gasteiger partial charge < -0.3 is 5.11 Å². The van der Waals surface area contributed by atoms with Crippen molar-refractivity contribution in [3.05, 3.63) is 22.0 Å². The summed E-state index contributed by atoms with van der Waals surface area (Å²) in [5.41, 5.74) is 2.85. The van der Waals surface area contributed by atoms with Crippen molar-refractivity contribution < 1.29 is 5.11 Å². The van der Waals surface area contributed by atoms with Gasteiger partial charge in [0.1, 0.15) is 5.69 Å². The highest BCUT2D eigenvalue weighted by atomic mass is 32.1. The number of aliphatic hydroxyl groups is 1. The molecule has 1 aliphatic carbocycles. The van der Waals surface area contributed by atoms with E-state index in [0.717, 1.165) is 23.7 Å². The largest absolute Gasteiger partial charge is 0.390 e. The monoisotopic (exact) mass is 278 g/mol. The summed E-state index contributed by atoms with van der Waals surface area (Å²) in [6.07, 6.45) is 4.69. The summed E-state index contributed by atoms with van der Waals surface area (Å²) in [7, 11) is 0. The van der Waals surface area contributed by atoms with E-state index in [9.17, 15) is 5.11 Å². The molecule has 0 saturated heterocycles. The molecule has 1 N–H and O–H groups in total. The number of aromatic nitrogens is 4. The van der Waals surface area contributed by atoms with E-state index < -0.39 is 0 Å². The smallest absolute Gasteiger partial charge is 0.212 e. The quantitative estimate of drug-likeness (QED) is 0.935. The molecule has 2 aromatic rings. The van der Waals surface area contributed by atoms with Crippen LogP contribution in [-0.4, -0.2) is 25.1 Å². The number of hydrogen-bond donors (Lipinski definition) is 1. The summed E-state index contributed by atoms with van der Waals surface area (Å²) in [4.78, 5) is 6.10. The average molecular weight is 278 g/mol. The Bertz CT molecular complexity index is 564. The van der Waals surface area contributed by atoms with Crippen LogP contribution in [0, 0.1) is 0 Å². The molecule has 0 spiro atoms. The van der Waals surface area contributed by atoms with Gasteiger partial charge in [-0.3, -0.25) is 0 Å². The highest BCUT2D eigenvalue weighted by molar-refractivity contribution is 7.14. The Kier molecular flexibility index (Phi) is 3.36. The summed E-state index contributed by atoms with van der Waals surface area (Å²) < 4.78 is 1.80. The number of aryl methyl sites for hydroxylation is 2. The first-order valence-electron chi connectivity index (χ1n) is 6.75. The zero-order valence-corrected chi connectivity index (χ0v) is 12.1. The lowest BCUT2D eigenvalue weighted by molar-refractivity contribution is 0.275. The minimum Gasteiger partial charge on any atom is -0.390 e. The maximum Gasteiger partial charge on any atom is 0.212 e.